The Bertz CT molecular complexity index is 1090. The summed E-state index contributed by atoms with van der Waals surface area (Å²) in [5, 5.41) is 3.29. The quantitative estimate of drug-likeness (QED) is 0.592. The van der Waals surface area contributed by atoms with E-state index in [1.54, 1.807) is 6.20 Å². The third-order valence-corrected chi connectivity index (χ3v) is 4.83. The summed E-state index contributed by atoms with van der Waals surface area (Å²) < 4.78 is 7.43. The van der Waals surface area contributed by atoms with Crippen LogP contribution in [0.25, 0.3) is 17.0 Å². The van der Waals surface area contributed by atoms with Crippen LogP contribution in [0.5, 0.6) is 0 Å². The molecule has 0 spiro atoms. The fourth-order valence-electron chi connectivity index (χ4n) is 3.39. The first-order chi connectivity index (χ1) is 13.9. The first-order valence-electron chi connectivity index (χ1n) is 9.32. The molecule has 0 amide bonds. The Hall–Kier alpha value is -3.45. The van der Waals surface area contributed by atoms with Gasteiger partial charge in [-0.05, 0) is 42.5 Å². The van der Waals surface area contributed by atoms with Crippen LogP contribution in [0.2, 0.25) is 0 Å². The van der Waals surface area contributed by atoms with E-state index in [-0.39, 0.29) is 0 Å². The molecule has 0 bridgehead atoms. The van der Waals surface area contributed by atoms with Crippen LogP contribution in [0.4, 0.5) is 17.3 Å². The van der Waals surface area contributed by atoms with Crippen molar-refractivity contribution in [3.63, 3.8) is 0 Å². The highest BCUT2D eigenvalue weighted by Gasteiger charge is 2.11. The lowest BCUT2D eigenvalue weighted by atomic mass is 10.2. The van der Waals surface area contributed by atoms with Crippen LogP contribution in [0, 0.1) is 0 Å². The van der Waals surface area contributed by atoms with E-state index in [1.165, 1.54) is 5.69 Å². The standard InChI is InChI=1S/C21H20N6O/c1-2-10-27-19(15-23-20(27)3-1)18-8-9-22-21(25-18)24-16-4-6-17(7-5-16)26-11-13-28-14-12-26/h1-10,15H,11-14H2,(H,22,24,25). The highest BCUT2D eigenvalue weighted by atomic mass is 16.5. The Morgan fingerprint density at radius 2 is 1.79 bits per heavy atom. The van der Waals surface area contributed by atoms with Gasteiger partial charge in [-0.1, -0.05) is 6.07 Å². The predicted octanol–water partition coefficient (Wildman–Crippen LogP) is 3.37. The van der Waals surface area contributed by atoms with Gasteiger partial charge in [0.2, 0.25) is 5.95 Å². The first kappa shape index (κ1) is 16.7. The summed E-state index contributed by atoms with van der Waals surface area (Å²) in [6, 6.07) is 16.1. The molecule has 0 atom stereocenters. The van der Waals surface area contributed by atoms with Crippen LogP contribution in [0.1, 0.15) is 0 Å². The van der Waals surface area contributed by atoms with Gasteiger partial charge >= 0.3 is 0 Å². The molecule has 1 saturated heterocycles. The summed E-state index contributed by atoms with van der Waals surface area (Å²) in [6.07, 6.45) is 5.57. The van der Waals surface area contributed by atoms with Crippen LogP contribution in [0.15, 0.2) is 67.1 Å². The highest BCUT2D eigenvalue weighted by Crippen LogP contribution is 2.23. The lowest BCUT2D eigenvalue weighted by Crippen LogP contribution is -2.36. The summed E-state index contributed by atoms with van der Waals surface area (Å²) in [7, 11) is 0. The number of imidazole rings is 1. The van der Waals surface area contributed by atoms with Crippen LogP contribution in [-0.2, 0) is 4.74 Å². The monoisotopic (exact) mass is 372 g/mol. The molecule has 1 fully saturated rings. The average molecular weight is 372 g/mol. The number of nitrogens with one attached hydrogen (secondary N) is 1. The van der Waals surface area contributed by atoms with E-state index < -0.39 is 0 Å². The van der Waals surface area contributed by atoms with Crippen molar-refractivity contribution in [2.75, 3.05) is 36.5 Å². The number of hydrogen-bond donors (Lipinski definition) is 1. The molecule has 0 radical (unpaired) electrons. The Kier molecular flexibility index (Phi) is 4.34. The highest BCUT2D eigenvalue weighted by molar-refractivity contribution is 5.63. The van der Waals surface area contributed by atoms with Crippen molar-refractivity contribution in [2.24, 2.45) is 0 Å². The van der Waals surface area contributed by atoms with Crippen molar-refractivity contribution >= 4 is 23.0 Å². The van der Waals surface area contributed by atoms with Crippen molar-refractivity contribution in [1.82, 2.24) is 19.4 Å². The van der Waals surface area contributed by atoms with Gasteiger partial charge in [0, 0.05) is 36.9 Å². The van der Waals surface area contributed by atoms with Gasteiger partial charge in [0.15, 0.2) is 0 Å². The van der Waals surface area contributed by atoms with Crippen molar-refractivity contribution in [2.45, 2.75) is 0 Å². The molecule has 7 nitrogen and oxygen atoms in total. The van der Waals surface area contributed by atoms with Crippen LogP contribution >= 0.6 is 0 Å². The molecule has 0 aliphatic carbocycles. The second-order valence-electron chi connectivity index (χ2n) is 6.61. The summed E-state index contributed by atoms with van der Waals surface area (Å²) in [5.74, 6) is 0.558. The number of aromatic nitrogens is 4. The summed E-state index contributed by atoms with van der Waals surface area (Å²) in [4.78, 5) is 15.8. The summed E-state index contributed by atoms with van der Waals surface area (Å²) in [5.41, 5.74) is 4.80. The lowest BCUT2D eigenvalue weighted by Gasteiger charge is -2.28. The number of morpholine rings is 1. The van der Waals surface area contributed by atoms with E-state index in [1.807, 2.05) is 41.1 Å². The normalized spacial score (nSPS) is 14.4. The van der Waals surface area contributed by atoms with Gasteiger partial charge < -0.3 is 15.0 Å². The number of nitrogens with zero attached hydrogens (tertiary/aromatic N) is 5. The number of ether oxygens (including phenoxy) is 1. The zero-order valence-corrected chi connectivity index (χ0v) is 15.3. The molecular weight excluding hydrogens is 352 g/mol. The Morgan fingerprint density at radius 3 is 2.64 bits per heavy atom. The number of fused-ring (bicyclic) bond motifs is 1. The second kappa shape index (κ2) is 7.28. The molecule has 5 rings (SSSR count). The zero-order chi connectivity index (χ0) is 18.8. The van der Waals surface area contributed by atoms with Crippen molar-refractivity contribution in [3.05, 3.63) is 67.1 Å². The van der Waals surface area contributed by atoms with E-state index in [2.05, 4.69) is 49.4 Å². The summed E-state index contributed by atoms with van der Waals surface area (Å²) >= 11 is 0. The third kappa shape index (κ3) is 3.27. The molecule has 4 aromatic rings. The zero-order valence-electron chi connectivity index (χ0n) is 15.3. The van der Waals surface area contributed by atoms with Crippen molar-refractivity contribution in [3.8, 4) is 11.4 Å². The maximum atomic E-state index is 5.42. The number of hydrogen-bond acceptors (Lipinski definition) is 6. The largest absolute Gasteiger partial charge is 0.378 e. The minimum absolute atomic E-state index is 0.558. The Morgan fingerprint density at radius 1 is 0.929 bits per heavy atom. The lowest BCUT2D eigenvalue weighted by molar-refractivity contribution is 0.122. The van der Waals surface area contributed by atoms with E-state index in [4.69, 9.17) is 4.74 Å². The predicted molar refractivity (Wildman–Crippen MR) is 109 cm³/mol. The van der Waals surface area contributed by atoms with E-state index in [9.17, 15) is 0 Å². The van der Waals surface area contributed by atoms with Gasteiger partial charge in [-0.2, -0.15) is 0 Å². The van der Waals surface area contributed by atoms with Crippen LogP contribution in [0.3, 0.4) is 0 Å². The molecular formula is C21H20N6O. The number of benzene rings is 1. The molecule has 1 N–H and O–H groups in total. The molecule has 4 heterocycles. The van der Waals surface area contributed by atoms with Crippen molar-refractivity contribution < 1.29 is 4.74 Å². The summed E-state index contributed by atoms with van der Waals surface area (Å²) in [6.45, 7) is 3.42. The van der Waals surface area contributed by atoms with Gasteiger partial charge in [0.05, 0.1) is 30.8 Å². The fraction of sp³-hybridized carbons (Fsp3) is 0.190. The fourth-order valence-corrected chi connectivity index (χ4v) is 3.39. The molecule has 0 saturated carbocycles. The number of rotatable bonds is 4. The van der Waals surface area contributed by atoms with E-state index in [0.29, 0.717) is 5.95 Å². The molecule has 28 heavy (non-hydrogen) atoms. The average Bonchev–Trinajstić information content (AvgIpc) is 3.19. The van der Waals surface area contributed by atoms with Crippen molar-refractivity contribution in [1.29, 1.82) is 0 Å². The number of anilines is 3. The molecule has 140 valence electrons. The van der Waals surface area contributed by atoms with Gasteiger partial charge in [-0.25, -0.2) is 15.0 Å². The van der Waals surface area contributed by atoms with Gasteiger partial charge in [0.1, 0.15) is 5.65 Å². The smallest absolute Gasteiger partial charge is 0.227 e. The Balaban J connectivity index is 1.37. The van der Waals surface area contributed by atoms with Crippen LogP contribution in [-0.4, -0.2) is 45.7 Å². The molecule has 7 heteroatoms. The number of pyridine rings is 1. The molecule has 3 aromatic heterocycles. The molecule has 1 aliphatic heterocycles. The van der Waals surface area contributed by atoms with Gasteiger partial charge in [-0.15, -0.1) is 0 Å². The third-order valence-electron chi connectivity index (χ3n) is 4.83. The second-order valence-corrected chi connectivity index (χ2v) is 6.61. The van der Waals surface area contributed by atoms with E-state index in [0.717, 1.165) is 49.0 Å². The maximum Gasteiger partial charge on any atom is 0.227 e. The topological polar surface area (TPSA) is 67.6 Å². The molecule has 1 aromatic carbocycles. The minimum atomic E-state index is 0.558. The van der Waals surface area contributed by atoms with Gasteiger partial charge in [-0.3, -0.25) is 4.40 Å². The maximum absolute atomic E-state index is 5.42. The molecule has 0 unspecified atom stereocenters. The van der Waals surface area contributed by atoms with Crippen LogP contribution < -0.4 is 10.2 Å². The minimum Gasteiger partial charge on any atom is -0.378 e. The van der Waals surface area contributed by atoms with Gasteiger partial charge in [0.25, 0.3) is 0 Å². The Labute approximate surface area is 162 Å². The molecule has 1 aliphatic rings. The SMILES string of the molecule is c1ccn2c(-c3ccnc(Nc4ccc(N5CCOCC5)cc4)n3)cnc2c1. The van der Waals surface area contributed by atoms with E-state index >= 15 is 0 Å². The first-order valence-corrected chi connectivity index (χ1v) is 9.32.